The number of unbranched alkanes of at least 4 members (excludes halogenated alkanes) is 40. The van der Waals surface area contributed by atoms with Crippen LogP contribution in [0.2, 0.25) is 0 Å². The second-order valence-electron chi connectivity index (χ2n) is 19.7. The summed E-state index contributed by atoms with van der Waals surface area (Å²) >= 11 is 0. The van der Waals surface area contributed by atoms with Gasteiger partial charge in [0.05, 0.1) is 0 Å². The van der Waals surface area contributed by atoms with Crippen LogP contribution in [-0.4, -0.2) is 0 Å². The zero-order valence-corrected chi connectivity index (χ0v) is 40.3. The van der Waals surface area contributed by atoms with Crippen LogP contribution in [0.3, 0.4) is 0 Å². The summed E-state index contributed by atoms with van der Waals surface area (Å²) in [5.41, 5.74) is 9.70. The lowest BCUT2D eigenvalue weighted by Crippen LogP contribution is -2.01. The van der Waals surface area contributed by atoms with Crippen molar-refractivity contribution < 1.29 is 0 Å². The monoisotopic (exact) mass is 811 g/mol. The van der Waals surface area contributed by atoms with Crippen LogP contribution < -0.4 is 0 Å². The maximum absolute atomic E-state index is 2.53. The van der Waals surface area contributed by atoms with Crippen LogP contribution in [0.5, 0.6) is 0 Å². The molecule has 1 aliphatic rings. The molecule has 0 nitrogen and oxygen atoms in total. The maximum Gasteiger partial charge on any atom is -0.00106 e. The molecule has 1 aliphatic carbocycles. The van der Waals surface area contributed by atoms with Crippen LogP contribution in [0.1, 0.15) is 306 Å². The fourth-order valence-electron chi connectivity index (χ4n) is 10.4. The molecule has 0 aliphatic heterocycles. The van der Waals surface area contributed by atoms with Crippen molar-refractivity contribution in [2.24, 2.45) is 0 Å². The highest BCUT2D eigenvalue weighted by molar-refractivity contribution is 5.78. The van der Waals surface area contributed by atoms with Gasteiger partial charge in [0.25, 0.3) is 0 Å². The van der Waals surface area contributed by atoms with Crippen LogP contribution >= 0.6 is 0 Å². The Morgan fingerprint density at radius 3 is 0.949 bits per heavy atom. The van der Waals surface area contributed by atoms with Gasteiger partial charge in [-0.1, -0.05) is 307 Å². The summed E-state index contributed by atoms with van der Waals surface area (Å²) < 4.78 is 0. The molecule has 0 radical (unpaired) electrons. The smallest absolute Gasteiger partial charge is 0.00106 e. The molecule has 2 aromatic carbocycles. The Morgan fingerprint density at radius 2 is 0.593 bits per heavy atom. The van der Waals surface area contributed by atoms with Gasteiger partial charge in [-0.25, -0.2) is 0 Å². The first-order chi connectivity index (χ1) is 29.3. The summed E-state index contributed by atoms with van der Waals surface area (Å²) in [4.78, 5) is 0. The van der Waals surface area contributed by atoms with Gasteiger partial charge in [0.15, 0.2) is 0 Å². The van der Waals surface area contributed by atoms with Crippen LogP contribution in [-0.2, 0) is 19.3 Å². The second kappa shape index (κ2) is 38.1. The van der Waals surface area contributed by atoms with Crippen molar-refractivity contribution in [2.45, 2.75) is 303 Å². The van der Waals surface area contributed by atoms with Crippen molar-refractivity contribution in [3.05, 3.63) is 58.7 Å². The first-order valence-electron chi connectivity index (χ1n) is 27.6. The van der Waals surface area contributed by atoms with E-state index >= 15 is 0 Å². The van der Waals surface area contributed by atoms with E-state index in [0.717, 1.165) is 6.42 Å². The predicted octanol–water partition coefficient (Wildman–Crippen LogP) is 20.8. The lowest BCUT2D eigenvalue weighted by atomic mass is 9.89. The minimum absolute atomic E-state index is 1.16. The summed E-state index contributed by atoms with van der Waals surface area (Å²) in [5.74, 6) is 0. The van der Waals surface area contributed by atoms with Crippen molar-refractivity contribution in [3.8, 4) is 11.1 Å². The molecular weight excluding hydrogens is 709 g/mol. The summed E-state index contributed by atoms with van der Waals surface area (Å²) in [7, 11) is 0. The molecule has 0 heterocycles. The van der Waals surface area contributed by atoms with Gasteiger partial charge in [0.2, 0.25) is 0 Å². The van der Waals surface area contributed by atoms with E-state index in [-0.39, 0.29) is 0 Å². The molecule has 0 unspecified atom stereocenters. The number of benzene rings is 2. The molecule has 0 heteroatoms. The topological polar surface area (TPSA) is 0 Å². The highest BCUT2D eigenvalue weighted by atomic mass is 14.3. The third kappa shape index (κ3) is 25.9. The Labute approximate surface area is 371 Å². The molecule has 0 saturated carbocycles. The number of rotatable bonds is 44. The molecule has 2 aromatic rings. The van der Waals surface area contributed by atoms with E-state index in [4.69, 9.17) is 0 Å². The summed E-state index contributed by atoms with van der Waals surface area (Å²) in [6.45, 7) is 4.63. The molecular formula is C59H102. The Bertz CT molecular complexity index is 1200. The highest BCUT2D eigenvalue weighted by Crippen LogP contribution is 2.40. The lowest BCUT2D eigenvalue weighted by molar-refractivity contribution is 0.520. The molecule has 338 valence electrons. The SMILES string of the molecule is CCCCCCCCCCCCCCCCCCCCCCCc1ccc2c(c1CCCCCCCCCCCCCCCCCCCCCCC)Cc1ccccc1-2. The van der Waals surface area contributed by atoms with E-state index in [1.807, 2.05) is 0 Å². The van der Waals surface area contributed by atoms with Gasteiger partial charge in [0.1, 0.15) is 0 Å². The van der Waals surface area contributed by atoms with Gasteiger partial charge < -0.3 is 0 Å². The van der Waals surface area contributed by atoms with Crippen LogP contribution in [0.4, 0.5) is 0 Å². The van der Waals surface area contributed by atoms with Crippen molar-refractivity contribution >= 4 is 0 Å². The van der Waals surface area contributed by atoms with Gasteiger partial charge in [-0.2, -0.15) is 0 Å². The average Bonchev–Trinajstić information content (AvgIpc) is 3.64. The molecule has 0 bridgehead atoms. The van der Waals surface area contributed by atoms with E-state index in [9.17, 15) is 0 Å². The van der Waals surface area contributed by atoms with Crippen molar-refractivity contribution in [1.82, 2.24) is 0 Å². The fourth-order valence-corrected chi connectivity index (χ4v) is 10.4. The lowest BCUT2D eigenvalue weighted by Gasteiger charge is -2.15. The molecule has 0 N–H and O–H groups in total. The maximum atomic E-state index is 2.53. The van der Waals surface area contributed by atoms with E-state index < -0.39 is 0 Å². The zero-order chi connectivity index (χ0) is 41.5. The minimum atomic E-state index is 1.16. The predicted molar refractivity (Wildman–Crippen MR) is 267 cm³/mol. The molecule has 0 aromatic heterocycles. The summed E-state index contributed by atoms with van der Waals surface area (Å²) in [5, 5.41) is 0. The zero-order valence-electron chi connectivity index (χ0n) is 40.3. The van der Waals surface area contributed by atoms with E-state index in [2.05, 4.69) is 50.2 Å². The Balaban J connectivity index is 1.16. The first-order valence-corrected chi connectivity index (χ1v) is 27.6. The Kier molecular flexibility index (Phi) is 33.5. The number of hydrogen-bond donors (Lipinski definition) is 0. The van der Waals surface area contributed by atoms with Crippen LogP contribution in [0.15, 0.2) is 36.4 Å². The molecule has 59 heavy (non-hydrogen) atoms. The van der Waals surface area contributed by atoms with E-state index in [1.165, 1.54) is 288 Å². The van der Waals surface area contributed by atoms with Gasteiger partial charge in [-0.05, 0) is 65.5 Å². The van der Waals surface area contributed by atoms with Crippen molar-refractivity contribution in [3.63, 3.8) is 0 Å². The van der Waals surface area contributed by atoms with Gasteiger partial charge in [-0.15, -0.1) is 0 Å². The average molecular weight is 811 g/mol. The second-order valence-corrected chi connectivity index (χ2v) is 19.7. The third-order valence-electron chi connectivity index (χ3n) is 14.3. The minimum Gasteiger partial charge on any atom is -0.0654 e. The molecule has 0 fully saturated rings. The number of aryl methyl sites for hydroxylation is 1. The summed E-state index contributed by atoms with van der Waals surface area (Å²) in [6, 6.07) is 14.2. The normalized spacial score (nSPS) is 12.1. The third-order valence-corrected chi connectivity index (χ3v) is 14.3. The number of hydrogen-bond acceptors (Lipinski definition) is 0. The summed E-state index contributed by atoms with van der Waals surface area (Å²) in [6.07, 6.45) is 64.9. The first kappa shape index (κ1) is 51.8. The van der Waals surface area contributed by atoms with Gasteiger partial charge in [-0.3, -0.25) is 0 Å². The van der Waals surface area contributed by atoms with Gasteiger partial charge in [0, 0.05) is 0 Å². The van der Waals surface area contributed by atoms with Crippen molar-refractivity contribution in [2.75, 3.05) is 0 Å². The Morgan fingerprint density at radius 1 is 0.288 bits per heavy atom. The van der Waals surface area contributed by atoms with Crippen LogP contribution in [0.25, 0.3) is 11.1 Å². The largest absolute Gasteiger partial charge is 0.0654 e. The number of fused-ring (bicyclic) bond motifs is 3. The van der Waals surface area contributed by atoms with Gasteiger partial charge >= 0.3 is 0 Å². The van der Waals surface area contributed by atoms with Crippen molar-refractivity contribution in [1.29, 1.82) is 0 Å². The fraction of sp³-hybridized carbons (Fsp3) is 0.797. The quantitative estimate of drug-likeness (QED) is 0.0499. The molecule has 3 rings (SSSR count). The Hall–Kier alpha value is -1.56. The van der Waals surface area contributed by atoms with Crippen LogP contribution in [0, 0.1) is 0 Å². The molecule has 0 atom stereocenters. The standard InChI is InChI=1S/C59H102/c1-3-5-7-9-11-13-15-17-19-21-23-25-27-29-31-33-35-37-39-41-43-47-54-51-52-58-57-50-46-45-48-55(57)53-59(58)56(54)49-44-42-40-38-36-34-32-30-28-26-24-22-20-18-16-14-12-10-8-6-4-2/h45-46,48,50-52H,3-44,47,49,53H2,1-2H3. The highest BCUT2D eigenvalue weighted by Gasteiger charge is 2.22. The molecule has 0 spiro atoms. The van der Waals surface area contributed by atoms with E-state index in [1.54, 1.807) is 27.8 Å². The molecule has 0 amide bonds. The van der Waals surface area contributed by atoms with E-state index in [0.29, 0.717) is 0 Å². The molecule has 0 saturated heterocycles.